The molecule has 0 aliphatic heterocycles. The van der Waals surface area contributed by atoms with E-state index in [9.17, 15) is 10.1 Å². The second-order valence-electron chi connectivity index (χ2n) is 3.76. The van der Waals surface area contributed by atoms with E-state index in [1.165, 1.54) is 0 Å². The first-order valence-electron chi connectivity index (χ1n) is 5.46. The van der Waals surface area contributed by atoms with Crippen LogP contribution in [-0.4, -0.2) is 16.5 Å². The number of hydrogen-bond donors (Lipinski definition) is 0. The lowest BCUT2D eigenvalue weighted by Crippen LogP contribution is -2.04. The molecular formula is C12H11BrN2O3. The van der Waals surface area contributed by atoms with Crippen LogP contribution >= 0.6 is 15.9 Å². The molecule has 0 amide bonds. The second kappa shape index (κ2) is 5.77. The van der Waals surface area contributed by atoms with Gasteiger partial charge in [0.15, 0.2) is 0 Å². The van der Waals surface area contributed by atoms with Crippen molar-refractivity contribution >= 4 is 21.7 Å². The Morgan fingerprint density at radius 3 is 2.94 bits per heavy atom. The lowest BCUT2D eigenvalue weighted by molar-refractivity contribution is -0.390. The zero-order valence-corrected chi connectivity index (χ0v) is 11.1. The maximum atomic E-state index is 10.8. The molecule has 0 saturated heterocycles. The predicted octanol–water partition coefficient (Wildman–Crippen LogP) is 3.41. The summed E-state index contributed by atoms with van der Waals surface area (Å²) in [7, 11) is 0. The molecular weight excluding hydrogens is 300 g/mol. The zero-order valence-electron chi connectivity index (χ0n) is 9.51. The van der Waals surface area contributed by atoms with E-state index in [0.29, 0.717) is 11.2 Å². The largest absolute Gasteiger partial charge is 0.481 e. The lowest BCUT2D eigenvalue weighted by Gasteiger charge is -2.09. The number of pyridine rings is 1. The van der Waals surface area contributed by atoms with E-state index in [4.69, 9.17) is 4.74 Å². The van der Waals surface area contributed by atoms with Crippen molar-refractivity contribution in [3.05, 3.63) is 50.7 Å². The highest BCUT2D eigenvalue weighted by Crippen LogP contribution is 2.27. The number of allylic oxidation sites excluding steroid dienone is 2. The Labute approximate surface area is 112 Å². The van der Waals surface area contributed by atoms with E-state index in [1.54, 1.807) is 12.1 Å². The van der Waals surface area contributed by atoms with Gasteiger partial charge in [-0.3, -0.25) is 0 Å². The molecule has 0 spiro atoms. The zero-order chi connectivity index (χ0) is 13.0. The van der Waals surface area contributed by atoms with Gasteiger partial charge >= 0.3 is 5.82 Å². The van der Waals surface area contributed by atoms with Crippen molar-refractivity contribution in [1.82, 2.24) is 4.98 Å². The summed E-state index contributed by atoms with van der Waals surface area (Å²) in [6.07, 6.45) is 8.12. The number of rotatable bonds is 4. The summed E-state index contributed by atoms with van der Waals surface area (Å²) in [6.45, 7) is 0.320. The molecule has 1 aliphatic carbocycles. The van der Waals surface area contributed by atoms with Crippen molar-refractivity contribution in [2.75, 3.05) is 6.61 Å². The number of halogens is 1. The molecule has 1 aromatic heterocycles. The minimum atomic E-state index is -0.550. The Morgan fingerprint density at radius 1 is 1.44 bits per heavy atom. The molecule has 0 fully saturated rings. The van der Waals surface area contributed by atoms with Gasteiger partial charge in [0.2, 0.25) is 10.4 Å². The fourth-order valence-corrected chi connectivity index (χ4v) is 1.89. The van der Waals surface area contributed by atoms with Gasteiger partial charge in [-0.2, -0.15) is 0 Å². The normalized spacial score (nSPS) is 14.2. The number of aromatic nitrogens is 1. The summed E-state index contributed by atoms with van der Waals surface area (Å²) >= 11 is 3.10. The molecule has 0 saturated carbocycles. The average molecular weight is 311 g/mol. The van der Waals surface area contributed by atoms with Crippen LogP contribution in [-0.2, 0) is 0 Å². The Bertz CT molecular complexity index is 526. The van der Waals surface area contributed by atoms with Crippen molar-refractivity contribution in [3.63, 3.8) is 0 Å². The smallest absolute Gasteiger partial charge is 0.407 e. The Kier molecular flexibility index (Phi) is 4.09. The summed E-state index contributed by atoms with van der Waals surface area (Å²) in [5.41, 5.74) is 1.03. The van der Waals surface area contributed by atoms with Gasteiger partial charge in [0, 0.05) is 22.0 Å². The number of hydrogen-bond acceptors (Lipinski definition) is 4. The molecule has 6 heteroatoms. The molecule has 0 bridgehead atoms. The quantitative estimate of drug-likeness (QED) is 0.485. The summed E-state index contributed by atoms with van der Waals surface area (Å²) in [4.78, 5) is 14.1. The van der Waals surface area contributed by atoms with Gasteiger partial charge < -0.3 is 14.9 Å². The van der Waals surface area contributed by atoms with Gasteiger partial charge in [-0.15, -0.1) is 0 Å². The maximum Gasteiger partial charge on any atom is 0.407 e. The Hall–Kier alpha value is -1.69. The fourth-order valence-electron chi connectivity index (χ4n) is 1.59. The van der Waals surface area contributed by atoms with Crippen molar-refractivity contribution in [2.45, 2.75) is 12.8 Å². The van der Waals surface area contributed by atoms with E-state index in [0.717, 1.165) is 18.4 Å². The van der Waals surface area contributed by atoms with Crippen LogP contribution in [0.4, 0.5) is 5.82 Å². The van der Waals surface area contributed by atoms with E-state index in [1.807, 2.05) is 6.08 Å². The fraction of sp³-hybridized carbons (Fsp3) is 0.250. The lowest BCUT2D eigenvalue weighted by atomic mass is 10.1. The van der Waals surface area contributed by atoms with E-state index < -0.39 is 4.92 Å². The van der Waals surface area contributed by atoms with Crippen molar-refractivity contribution in [2.24, 2.45) is 0 Å². The van der Waals surface area contributed by atoms with Gasteiger partial charge in [-0.25, -0.2) is 0 Å². The van der Waals surface area contributed by atoms with Crippen LogP contribution in [0.5, 0.6) is 5.75 Å². The Balaban J connectivity index is 2.11. The molecule has 0 radical (unpaired) electrons. The first-order chi connectivity index (χ1) is 8.66. The second-order valence-corrected chi connectivity index (χ2v) is 4.57. The van der Waals surface area contributed by atoms with Gasteiger partial charge in [0.25, 0.3) is 0 Å². The third-order valence-electron chi connectivity index (χ3n) is 2.44. The van der Waals surface area contributed by atoms with Gasteiger partial charge in [-0.05, 0) is 34.4 Å². The van der Waals surface area contributed by atoms with Crippen LogP contribution < -0.4 is 4.74 Å². The molecule has 94 valence electrons. The van der Waals surface area contributed by atoms with Gasteiger partial charge in [0.05, 0.1) is 0 Å². The highest BCUT2D eigenvalue weighted by Gasteiger charge is 2.18. The Morgan fingerprint density at radius 2 is 2.28 bits per heavy atom. The molecule has 2 rings (SSSR count). The first-order valence-corrected chi connectivity index (χ1v) is 6.25. The predicted molar refractivity (Wildman–Crippen MR) is 70.5 cm³/mol. The monoisotopic (exact) mass is 310 g/mol. The maximum absolute atomic E-state index is 10.8. The average Bonchev–Trinajstić information content (AvgIpc) is 2.38. The summed E-state index contributed by atoms with van der Waals surface area (Å²) in [6, 6.07) is 3.16. The molecule has 0 N–H and O–H groups in total. The van der Waals surface area contributed by atoms with Crippen LogP contribution in [0.2, 0.25) is 0 Å². The highest BCUT2D eigenvalue weighted by molar-refractivity contribution is 9.10. The van der Waals surface area contributed by atoms with Crippen LogP contribution in [0.3, 0.4) is 0 Å². The SMILES string of the molecule is O=[N+]([O-])c1nc(Br)ccc1OCC1=CCCC=C1. The number of nitro groups is 1. The highest BCUT2D eigenvalue weighted by atomic mass is 79.9. The molecule has 0 aromatic carbocycles. The summed E-state index contributed by atoms with van der Waals surface area (Å²) in [5, 5.41) is 10.8. The number of ether oxygens (including phenoxy) is 1. The van der Waals surface area contributed by atoms with Crippen molar-refractivity contribution in [1.29, 1.82) is 0 Å². The third-order valence-corrected chi connectivity index (χ3v) is 2.89. The molecule has 1 aliphatic rings. The van der Waals surface area contributed by atoms with Crippen molar-refractivity contribution < 1.29 is 9.66 Å². The van der Waals surface area contributed by atoms with Gasteiger partial charge in [-0.1, -0.05) is 18.2 Å². The first kappa shape index (κ1) is 12.8. The molecule has 0 unspecified atom stereocenters. The molecule has 18 heavy (non-hydrogen) atoms. The minimum absolute atomic E-state index is 0.183. The van der Waals surface area contributed by atoms with Crippen LogP contribution in [0.15, 0.2) is 40.5 Å². The van der Waals surface area contributed by atoms with Gasteiger partial charge in [0.1, 0.15) is 6.61 Å². The minimum Gasteiger partial charge on any atom is -0.481 e. The topological polar surface area (TPSA) is 65.3 Å². The van der Waals surface area contributed by atoms with E-state index in [-0.39, 0.29) is 11.6 Å². The van der Waals surface area contributed by atoms with E-state index in [2.05, 4.69) is 33.1 Å². The summed E-state index contributed by atoms with van der Waals surface area (Å²) < 4.78 is 5.86. The van der Waals surface area contributed by atoms with Crippen molar-refractivity contribution in [3.8, 4) is 5.75 Å². The summed E-state index contributed by atoms with van der Waals surface area (Å²) in [5.74, 6) is -0.0900. The molecule has 1 heterocycles. The molecule has 1 aromatic rings. The van der Waals surface area contributed by atoms with Crippen LogP contribution in [0.1, 0.15) is 12.8 Å². The van der Waals surface area contributed by atoms with Crippen LogP contribution in [0.25, 0.3) is 0 Å². The number of nitrogens with zero attached hydrogens (tertiary/aromatic N) is 2. The molecule has 5 nitrogen and oxygen atoms in total. The standard InChI is InChI=1S/C12H11BrN2O3/c13-11-7-6-10(12(14-11)15(16)17)18-8-9-4-2-1-3-5-9/h2,4-7H,1,3,8H2. The third kappa shape index (κ3) is 3.16. The van der Waals surface area contributed by atoms with E-state index >= 15 is 0 Å². The molecule has 0 atom stereocenters. The van der Waals surface area contributed by atoms with Crippen LogP contribution in [0, 0.1) is 10.1 Å².